The number of nitrogens with one attached hydrogen (secondary N) is 1. The number of aryl methyl sites for hydroxylation is 1. The van der Waals surface area contributed by atoms with Gasteiger partial charge in [-0.25, -0.2) is 4.98 Å². The van der Waals surface area contributed by atoms with Crippen LogP contribution in [0.25, 0.3) is 21.5 Å². The van der Waals surface area contributed by atoms with Crippen LogP contribution in [-0.2, 0) is 13.2 Å². The zero-order valence-corrected chi connectivity index (χ0v) is 22.1. The van der Waals surface area contributed by atoms with E-state index in [4.69, 9.17) is 4.42 Å². The van der Waals surface area contributed by atoms with Gasteiger partial charge in [0.2, 0.25) is 0 Å². The molecule has 0 radical (unpaired) electrons. The molecule has 2 fully saturated rings. The van der Waals surface area contributed by atoms with Crippen molar-refractivity contribution in [2.75, 3.05) is 13.1 Å². The zero-order chi connectivity index (χ0) is 27.3. The highest BCUT2D eigenvalue weighted by atomic mass is 32.1. The Labute approximate surface area is 226 Å². The lowest BCUT2D eigenvalue weighted by Crippen LogP contribution is -2.49. The van der Waals surface area contributed by atoms with E-state index in [1.54, 1.807) is 41.0 Å². The van der Waals surface area contributed by atoms with E-state index in [1.807, 2.05) is 0 Å². The Morgan fingerprint density at radius 3 is 2.72 bits per heavy atom. The normalized spacial score (nSPS) is 18.1. The predicted molar refractivity (Wildman–Crippen MR) is 141 cm³/mol. The topological polar surface area (TPSA) is 80.4 Å². The average molecular weight is 557 g/mol. The van der Waals surface area contributed by atoms with Gasteiger partial charge in [-0.05, 0) is 49.8 Å². The van der Waals surface area contributed by atoms with Crippen LogP contribution < -0.4 is 5.32 Å². The molecule has 0 spiro atoms. The van der Waals surface area contributed by atoms with Crippen molar-refractivity contribution in [3.8, 4) is 10.4 Å². The molecular formula is C28H27F3N4O3S. The molecule has 39 heavy (non-hydrogen) atoms. The second-order valence-corrected chi connectivity index (χ2v) is 11.2. The summed E-state index contributed by atoms with van der Waals surface area (Å²) in [7, 11) is 1.79. The number of piperidine rings is 1. The molecule has 204 valence electrons. The molecule has 1 aliphatic heterocycles. The van der Waals surface area contributed by atoms with Gasteiger partial charge >= 0.3 is 6.18 Å². The summed E-state index contributed by atoms with van der Waals surface area (Å²) in [4.78, 5) is 33.8. The summed E-state index contributed by atoms with van der Waals surface area (Å²) in [5, 5.41) is 3.75. The minimum absolute atomic E-state index is 0.197. The standard InChI is InChI=1S/C28H27F3N4O3S/c1-34-20-10-12-38-22(20)14-21(34)25(36)32-15-19-7-2-3-11-35(19)27(37)23-24(39-26(33-23)16-8-9-16)17-5-4-6-18(13-17)28(29,30)31/h4-6,10,12-14,16,19H,2-3,7-9,11,15H2,1H3,(H,32,36)/t19-/m0/s1. The molecule has 4 heterocycles. The molecule has 1 aliphatic carbocycles. The number of hydrogen-bond acceptors (Lipinski definition) is 5. The van der Waals surface area contributed by atoms with Gasteiger partial charge < -0.3 is 19.2 Å². The molecule has 1 aromatic carbocycles. The molecular weight excluding hydrogens is 529 g/mol. The lowest BCUT2D eigenvalue weighted by atomic mass is 10.0. The Kier molecular flexibility index (Phi) is 6.49. The monoisotopic (exact) mass is 556 g/mol. The molecule has 2 amide bonds. The first kappa shape index (κ1) is 25.7. The number of halogens is 3. The second kappa shape index (κ2) is 9.86. The maximum Gasteiger partial charge on any atom is 0.416 e. The van der Waals surface area contributed by atoms with Crippen molar-refractivity contribution >= 4 is 34.3 Å². The fraction of sp³-hybridized carbons (Fsp3) is 0.393. The van der Waals surface area contributed by atoms with E-state index in [0.29, 0.717) is 34.7 Å². The third-order valence-corrected chi connectivity index (χ3v) is 8.77. The third-order valence-electron chi connectivity index (χ3n) is 7.51. The molecule has 7 nitrogen and oxygen atoms in total. The van der Waals surface area contributed by atoms with Gasteiger partial charge in [-0.3, -0.25) is 9.59 Å². The quantitative estimate of drug-likeness (QED) is 0.306. The minimum atomic E-state index is -4.48. The molecule has 6 rings (SSSR count). The molecule has 1 N–H and O–H groups in total. The van der Waals surface area contributed by atoms with Crippen LogP contribution in [-0.4, -0.2) is 45.4 Å². The molecule has 1 saturated heterocycles. The number of amides is 2. The SMILES string of the molecule is Cn1c(C(=O)NC[C@@H]2CCCCN2C(=O)c2nc(C3CC3)sc2-c2cccc(C(F)(F)F)c2)cc2occc21. The molecule has 1 saturated carbocycles. The van der Waals surface area contributed by atoms with Crippen LogP contribution in [0, 0.1) is 0 Å². The summed E-state index contributed by atoms with van der Waals surface area (Å²) in [5.41, 5.74) is 1.67. The Bertz CT molecular complexity index is 1550. The van der Waals surface area contributed by atoms with E-state index >= 15 is 0 Å². The maximum absolute atomic E-state index is 13.9. The van der Waals surface area contributed by atoms with Crippen molar-refractivity contribution in [2.45, 2.75) is 50.2 Å². The summed E-state index contributed by atoms with van der Waals surface area (Å²) in [6.07, 6.45) is 1.44. The average Bonchev–Trinajstić information content (AvgIpc) is 3.37. The second-order valence-electron chi connectivity index (χ2n) is 10.2. The molecule has 3 aromatic heterocycles. The highest BCUT2D eigenvalue weighted by Gasteiger charge is 2.36. The molecule has 0 bridgehead atoms. The Morgan fingerprint density at radius 1 is 1.15 bits per heavy atom. The number of benzene rings is 1. The van der Waals surface area contributed by atoms with Crippen LogP contribution in [0.15, 0.2) is 47.1 Å². The molecule has 1 atom stereocenters. The Balaban J connectivity index is 1.25. The van der Waals surface area contributed by atoms with Crippen LogP contribution in [0.1, 0.15) is 69.6 Å². The van der Waals surface area contributed by atoms with Crippen molar-refractivity contribution in [3.05, 3.63) is 64.6 Å². The summed E-state index contributed by atoms with van der Waals surface area (Å²) >= 11 is 1.31. The van der Waals surface area contributed by atoms with E-state index in [9.17, 15) is 22.8 Å². The largest absolute Gasteiger partial charge is 0.463 e. The van der Waals surface area contributed by atoms with Crippen LogP contribution in [0.5, 0.6) is 0 Å². The molecule has 2 aliphatic rings. The number of thiazole rings is 1. The number of likely N-dealkylation sites (tertiary alicyclic amines) is 1. The first-order valence-corrected chi connectivity index (χ1v) is 13.8. The van der Waals surface area contributed by atoms with E-state index < -0.39 is 11.7 Å². The number of furan rings is 1. The number of aromatic nitrogens is 2. The number of nitrogens with zero attached hydrogens (tertiary/aromatic N) is 3. The number of carbonyl (C=O) groups is 2. The fourth-order valence-electron chi connectivity index (χ4n) is 5.20. The van der Waals surface area contributed by atoms with Crippen LogP contribution in [0.2, 0.25) is 0 Å². The van der Waals surface area contributed by atoms with Crippen LogP contribution >= 0.6 is 11.3 Å². The lowest BCUT2D eigenvalue weighted by molar-refractivity contribution is -0.137. The Hall–Kier alpha value is -3.60. The van der Waals surface area contributed by atoms with E-state index in [0.717, 1.165) is 48.3 Å². The van der Waals surface area contributed by atoms with Gasteiger partial charge in [-0.1, -0.05) is 12.1 Å². The number of rotatable bonds is 6. The van der Waals surface area contributed by atoms with Crippen molar-refractivity contribution < 1.29 is 27.2 Å². The molecule has 11 heteroatoms. The minimum Gasteiger partial charge on any atom is -0.463 e. The third kappa shape index (κ3) is 4.95. The summed E-state index contributed by atoms with van der Waals surface area (Å²) in [6, 6.07) is 8.30. The summed E-state index contributed by atoms with van der Waals surface area (Å²) in [5.74, 6) is -0.319. The summed E-state index contributed by atoms with van der Waals surface area (Å²) < 4.78 is 47.5. The van der Waals surface area contributed by atoms with Gasteiger partial charge in [0.1, 0.15) is 11.4 Å². The molecule has 4 aromatic rings. The van der Waals surface area contributed by atoms with Crippen LogP contribution in [0.3, 0.4) is 0 Å². The zero-order valence-electron chi connectivity index (χ0n) is 21.3. The number of fused-ring (bicyclic) bond motifs is 1. The molecule has 0 unspecified atom stereocenters. The van der Waals surface area contributed by atoms with Crippen molar-refractivity contribution in [1.82, 2.24) is 19.8 Å². The smallest absolute Gasteiger partial charge is 0.416 e. The predicted octanol–water partition coefficient (Wildman–Crippen LogP) is 6.22. The first-order valence-electron chi connectivity index (χ1n) is 13.0. The van der Waals surface area contributed by atoms with Gasteiger partial charge in [-0.15, -0.1) is 11.3 Å². The number of carbonyl (C=O) groups excluding carboxylic acids is 2. The van der Waals surface area contributed by atoms with Crippen molar-refractivity contribution in [2.24, 2.45) is 7.05 Å². The summed E-state index contributed by atoms with van der Waals surface area (Å²) in [6.45, 7) is 0.754. The fourth-order valence-corrected chi connectivity index (χ4v) is 6.43. The Morgan fingerprint density at radius 2 is 1.97 bits per heavy atom. The highest BCUT2D eigenvalue weighted by Crippen LogP contribution is 2.45. The number of hydrogen-bond donors (Lipinski definition) is 1. The highest BCUT2D eigenvalue weighted by molar-refractivity contribution is 7.15. The van der Waals surface area contributed by atoms with Gasteiger partial charge in [0.25, 0.3) is 11.8 Å². The first-order chi connectivity index (χ1) is 18.7. The van der Waals surface area contributed by atoms with E-state index in [-0.39, 0.29) is 36.0 Å². The van der Waals surface area contributed by atoms with E-state index in [2.05, 4.69) is 10.3 Å². The van der Waals surface area contributed by atoms with Gasteiger partial charge in [-0.2, -0.15) is 13.2 Å². The maximum atomic E-state index is 13.9. The van der Waals surface area contributed by atoms with Gasteiger partial charge in [0.15, 0.2) is 5.58 Å². The number of alkyl halides is 3. The van der Waals surface area contributed by atoms with E-state index in [1.165, 1.54) is 17.4 Å². The van der Waals surface area contributed by atoms with Crippen molar-refractivity contribution in [3.63, 3.8) is 0 Å². The van der Waals surface area contributed by atoms with Crippen LogP contribution in [0.4, 0.5) is 13.2 Å². The lowest BCUT2D eigenvalue weighted by Gasteiger charge is -2.35. The van der Waals surface area contributed by atoms with Gasteiger partial charge in [0.05, 0.1) is 27.2 Å². The van der Waals surface area contributed by atoms with Crippen molar-refractivity contribution in [1.29, 1.82) is 0 Å². The van der Waals surface area contributed by atoms with Gasteiger partial charge in [0, 0.05) is 44.2 Å².